The second kappa shape index (κ2) is 10.3. The molecule has 2 aromatic carbocycles. The molecule has 0 bridgehead atoms. The third kappa shape index (κ3) is 5.47. The molecular weight excluding hydrogens is 432 g/mol. The lowest BCUT2D eigenvalue weighted by atomic mass is 10.0. The van der Waals surface area contributed by atoms with Crippen LogP contribution in [0.25, 0.3) is 5.69 Å². The zero-order valence-electron chi connectivity index (χ0n) is 19.4. The molecule has 0 saturated carbocycles. The Labute approximate surface area is 199 Å². The number of amides is 2. The van der Waals surface area contributed by atoms with Crippen LogP contribution >= 0.6 is 11.8 Å². The van der Waals surface area contributed by atoms with Gasteiger partial charge in [0.1, 0.15) is 0 Å². The summed E-state index contributed by atoms with van der Waals surface area (Å²) in [7, 11) is 0. The van der Waals surface area contributed by atoms with Crippen LogP contribution in [-0.2, 0) is 11.2 Å². The van der Waals surface area contributed by atoms with E-state index in [2.05, 4.69) is 24.3 Å². The minimum atomic E-state index is -0.188. The molecule has 2 amide bonds. The van der Waals surface area contributed by atoms with Gasteiger partial charge in [-0.25, -0.2) is 4.68 Å². The van der Waals surface area contributed by atoms with E-state index in [1.54, 1.807) is 6.20 Å². The number of benzene rings is 2. The standard InChI is InChI=1S/C26H30N4O2S/c1-18(2)25-23(17-27-30(25)22-10-4-19(3)5-11-22)26(32)28-21-8-6-20(7-9-21)16-24(31)29-12-14-33-15-13-29/h4-11,17-18H,12-16H2,1-3H3,(H,28,32). The van der Waals surface area contributed by atoms with Crippen molar-refractivity contribution in [2.24, 2.45) is 0 Å². The van der Waals surface area contributed by atoms with Gasteiger partial charge in [0, 0.05) is 30.3 Å². The maximum absolute atomic E-state index is 13.1. The lowest BCUT2D eigenvalue weighted by Gasteiger charge is -2.26. The van der Waals surface area contributed by atoms with Crippen LogP contribution in [0.4, 0.5) is 5.69 Å². The van der Waals surface area contributed by atoms with Crippen LogP contribution in [0.5, 0.6) is 0 Å². The summed E-state index contributed by atoms with van der Waals surface area (Å²) in [5, 5.41) is 7.48. The lowest BCUT2D eigenvalue weighted by molar-refractivity contribution is -0.130. The van der Waals surface area contributed by atoms with Crippen molar-refractivity contribution in [2.45, 2.75) is 33.1 Å². The Bertz CT molecular complexity index is 1110. The van der Waals surface area contributed by atoms with Crippen molar-refractivity contribution >= 4 is 29.3 Å². The van der Waals surface area contributed by atoms with Crippen molar-refractivity contribution in [2.75, 3.05) is 29.9 Å². The highest BCUT2D eigenvalue weighted by atomic mass is 32.2. The van der Waals surface area contributed by atoms with E-state index in [9.17, 15) is 9.59 Å². The summed E-state index contributed by atoms with van der Waals surface area (Å²) < 4.78 is 1.84. The molecule has 0 atom stereocenters. The molecule has 6 nitrogen and oxygen atoms in total. The summed E-state index contributed by atoms with van der Waals surface area (Å²) in [6, 6.07) is 15.6. The second-order valence-corrected chi connectivity index (χ2v) is 9.89. The van der Waals surface area contributed by atoms with E-state index < -0.39 is 0 Å². The molecule has 172 valence electrons. The zero-order valence-corrected chi connectivity index (χ0v) is 20.2. The third-order valence-electron chi connectivity index (χ3n) is 5.81. The SMILES string of the molecule is Cc1ccc(-n2ncc(C(=O)Nc3ccc(CC(=O)N4CCSCC4)cc3)c2C(C)C)cc1. The largest absolute Gasteiger partial charge is 0.341 e. The van der Waals surface area contributed by atoms with E-state index in [4.69, 9.17) is 0 Å². The summed E-state index contributed by atoms with van der Waals surface area (Å²) in [5.41, 5.74) is 5.19. The Morgan fingerprint density at radius 3 is 2.33 bits per heavy atom. The van der Waals surface area contributed by atoms with Crippen molar-refractivity contribution in [1.82, 2.24) is 14.7 Å². The summed E-state index contributed by atoms with van der Waals surface area (Å²) >= 11 is 1.89. The van der Waals surface area contributed by atoms with Gasteiger partial charge in [0.2, 0.25) is 5.91 Å². The van der Waals surface area contributed by atoms with Crippen LogP contribution in [-0.4, -0.2) is 51.1 Å². The van der Waals surface area contributed by atoms with Crippen LogP contribution in [0.2, 0.25) is 0 Å². The minimum Gasteiger partial charge on any atom is -0.341 e. The molecule has 0 spiro atoms. The average molecular weight is 463 g/mol. The smallest absolute Gasteiger partial charge is 0.259 e. The van der Waals surface area contributed by atoms with Gasteiger partial charge in [-0.05, 0) is 42.7 Å². The molecule has 1 fully saturated rings. The summed E-state index contributed by atoms with van der Waals surface area (Å²) in [6.45, 7) is 7.82. The molecule has 1 aromatic heterocycles. The molecule has 0 radical (unpaired) electrons. The molecule has 1 N–H and O–H groups in total. The number of nitrogens with zero attached hydrogens (tertiary/aromatic N) is 3. The number of thioether (sulfide) groups is 1. The average Bonchev–Trinajstić information content (AvgIpc) is 3.27. The highest BCUT2D eigenvalue weighted by Gasteiger charge is 2.21. The predicted molar refractivity (Wildman–Crippen MR) is 134 cm³/mol. The summed E-state index contributed by atoms with van der Waals surface area (Å²) in [4.78, 5) is 27.5. The molecule has 0 unspecified atom stereocenters. The number of rotatable bonds is 6. The van der Waals surface area contributed by atoms with Crippen molar-refractivity contribution in [3.63, 3.8) is 0 Å². The number of aryl methyl sites for hydroxylation is 1. The highest BCUT2D eigenvalue weighted by molar-refractivity contribution is 7.99. The van der Waals surface area contributed by atoms with Gasteiger partial charge in [-0.2, -0.15) is 16.9 Å². The Morgan fingerprint density at radius 1 is 1.03 bits per heavy atom. The van der Waals surface area contributed by atoms with Gasteiger partial charge < -0.3 is 10.2 Å². The molecule has 4 rings (SSSR count). The van der Waals surface area contributed by atoms with Crippen molar-refractivity contribution in [3.8, 4) is 5.69 Å². The fourth-order valence-corrected chi connectivity index (χ4v) is 4.89. The van der Waals surface area contributed by atoms with Gasteiger partial charge >= 0.3 is 0 Å². The van der Waals surface area contributed by atoms with Crippen molar-refractivity contribution in [1.29, 1.82) is 0 Å². The van der Waals surface area contributed by atoms with Gasteiger partial charge in [0.05, 0.1) is 29.6 Å². The molecule has 3 aromatic rings. The first kappa shape index (κ1) is 23.1. The second-order valence-electron chi connectivity index (χ2n) is 8.67. The van der Waals surface area contributed by atoms with Gasteiger partial charge in [-0.3, -0.25) is 9.59 Å². The van der Waals surface area contributed by atoms with E-state index in [1.807, 2.05) is 76.8 Å². The van der Waals surface area contributed by atoms with E-state index in [-0.39, 0.29) is 17.7 Å². The zero-order chi connectivity index (χ0) is 23.4. The van der Waals surface area contributed by atoms with Crippen LogP contribution in [0.1, 0.15) is 46.9 Å². The molecular formula is C26H30N4O2S. The Balaban J connectivity index is 1.46. The summed E-state index contributed by atoms with van der Waals surface area (Å²) in [6.07, 6.45) is 2.02. The number of anilines is 1. The van der Waals surface area contributed by atoms with Crippen LogP contribution in [0.15, 0.2) is 54.7 Å². The van der Waals surface area contributed by atoms with Crippen LogP contribution < -0.4 is 5.32 Å². The Hall–Kier alpha value is -3.06. The van der Waals surface area contributed by atoms with E-state index in [0.29, 0.717) is 17.7 Å². The van der Waals surface area contributed by atoms with Crippen molar-refractivity contribution in [3.05, 3.63) is 77.1 Å². The van der Waals surface area contributed by atoms with Gasteiger partial charge in [-0.1, -0.05) is 43.7 Å². The van der Waals surface area contributed by atoms with Crippen LogP contribution in [0.3, 0.4) is 0 Å². The number of carbonyl (C=O) groups excluding carboxylic acids is 2. The van der Waals surface area contributed by atoms with Gasteiger partial charge in [-0.15, -0.1) is 0 Å². The predicted octanol–water partition coefficient (Wildman–Crippen LogP) is 4.67. The number of hydrogen-bond acceptors (Lipinski definition) is 4. The van der Waals surface area contributed by atoms with E-state index in [1.165, 1.54) is 5.56 Å². The van der Waals surface area contributed by atoms with E-state index in [0.717, 1.165) is 41.5 Å². The molecule has 33 heavy (non-hydrogen) atoms. The minimum absolute atomic E-state index is 0.121. The number of nitrogens with one attached hydrogen (secondary N) is 1. The number of hydrogen-bond donors (Lipinski definition) is 1. The first-order valence-corrected chi connectivity index (χ1v) is 12.5. The number of carbonyl (C=O) groups is 2. The molecule has 2 heterocycles. The van der Waals surface area contributed by atoms with Gasteiger partial charge in [0.15, 0.2) is 0 Å². The van der Waals surface area contributed by atoms with Crippen molar-refractivity contribution < 1.29 is 9.59 Å². The topological polar surface area (TPSA) is 67.2 Å². The maximum Gasteiger partial charge on any atom is 0.259 e. The lowest BCUT2D eigenvalue weighted by Crippen LogP contribution is -2.38. The summed E-state index contributed by atoms with van der Waals surface area (Å²) in [5.74, 6) is 2.12. The monoisotopic (exact) mass is 462 g/mol. The molecule has 1 aliphatic heterocycles. The van der Waals surface area contributed by atoms with Gasteiger partial charge in [0.25, 0.3) is 5.91 Å². The first-order chi connectivity index (χ1) is 15.9. The highest BCUT2D eigenvalue weighted by Crippen LogP contribution is 2.24. The fraction of sp³-hybridized carbons (Fsp3) is 0.346. The first-order valence-electron chi connectivity index (χ1n) is 11.3. The molecule has 7 heteroatoms. The molecule has 1 aliphatic rings. The Kier molecular flexibility index (Phi) is 7.18. The normalized spacial score (nSPS) is 13.9. The fourth-order valence-electron chi connectivity index (χ4n) is 3.98. The molecule has 1 saturated heterocycles. The molecule has 0 aliphatic carbocycles. The Morgan fingerprint density at radius 2 is 1.70 bits per heavy atom. The van der Waals surface area contributed by atoms with E-state index >= 15 is 0 Å². The third-order valence-corrected chi connectivity index (χ3v) is 6.75. The quantitative estimate of drug-likeness (QED) is 0.578. The van der Waals surface area contributed by atoms with Crippen LogP contribution in [0, 0.1) is 6.92 Å². The number of aromatic nitrogens is 2. The maximum atomic E-state index is 13.1.